The van der Waals surface area contributed by atoms with Crippen molar-refractivity contribution in [3.8, 4) is 0 Å². The highest BCUT2D eigenvalue weighted by Crippen LogP contribution is 2.28. The smallest absolute Gasteiger partial charge is 0.334 e. The molecule has 18 heavy (non-hydrogen) atoms. The van der Waals surface area contributed by atoms with Crippen molar-refractivity contribution in [3.63, 3.8) is 0 Å². The van der Waals surface area contributed by atoms with Crippen LogP contribution in [0.5, 0.6) is 0 Å². The van der Waals surface area contributed by atoms with E-state index in [0.29, 0.717) is 5.56 Å². The Balaban J connectivity index is 2.21. The van der Waals surface area contributed by atoms with Crippen molar-refractivity contribution >= 4 is 18.1 Å². The van der Waals surface area contributed by atoms with Crippen molar-refractivity contribution in [2.24, 2.45) is 4.99 Å². The van der Waals surface area contributed by atoms with E-state index < -0.39 is 23.0 Å². The van der Waals surface area contributed by atoms with E-state index >= 15 is 0 Å². The van der Waals surface area contributed by atoms with Gasteiger partial charge in [0.05, 0.1) is 12.0 Å². The van der Waals surface area contributed by atoms with E-state index in [2.05, 4.69) is 9.73 Å². The predicted octanol–water partition coefficient (Wildman–Crippen LogP) is 1.24. The Labute approximate surface area is 102 Å². The van der Waals surface area contributed by atoms with Crippen molar-refractivity contribution in [2.45, 2.75) is 12.1 Å². The summed E-state index contributed by atoms with van der Waals surface area (Å²) in [4.78, 5) is 25.4. The lowest BCUT2D eigenvalue weighted by atomic mass is 10.0. The molecule has 94 valence electrons. The highest BCUT2D eigenvalue weighted by Gasteiger charge is 2.34. The molecule has 7 nitrogen and oxygen atoms in total. The fourth-order valence-electron chi connectivity index (χ4n) is 1.67. The highest BCUT2D eigenvalue weighted by atomic mass is 16.6. The molecule has 1 aliphatic rings. The number of hydrogen-bond acceptors (Lipinski definition) is 6. The van der Waals surface area contributed by atoms with Crippen molar-refractivity contribution in [1.82, 2.24) is 0 Å². The number of ether oxygens (including phenoxy) is 2. The molecule has 0 N–H and O–H groups in total. The van der Waals surface area contributed by atoms with Crippen LogP contribution in [0.3, 0.4) is 0 Å². The largest absolute Gasteiger partial charge is 0.473 e. The van der Waals surface area contributed by atoms with Crippen LogP contribution in [-0.4, -0.2) is 30.4 Å². The molecule has 1 aromatic rings. The van der Waals surface area contributed by atoms with Crippen molar-refractivity contribution < 1.29 is 19.2 Å². The van der Waals surface area contributed by atoms with E-state index in [1.165, 1.54) is 37.8 Å². The highest BCUT2D eigenvalue weighted by molar-refractivity contribution is 5.80. The quantitative estimate of drug-likeness (QED) is 0.457. The molecule has 2 rings (SSSR count). The molecular formula is C11H10N2O5. The van der Waals surface area contributed by atoms with Gasteiger partial charge in [0, 0.05) is 12.1 Å². The average molecular weight is 250 g/mol. The SMILES string of the molecule is COC(=O)[C@H]1N=CO[C@@H]1c1ccc([N+](=O)[O-])cc1. The molecule has 0 spiro atoms. The van der Waals surface area contributed by atoms with E-state index in [1.54, 1.807) is 0 Å². The topological polar surface area (TPSA) is 91.0 Å². The van der Waals surface area contributed by atoms with Crippen LogP contribution in [0.4, 0.5) is 5.69 Å². The van der Waals surface area contributed by atoms with Crippen molar-refractivity contribution in [3.05, 3.63) is 39.9 Å². The van der Waals surface area contributed by atoms with E-state index in [-0.39, 0.29) is 5.69 Å². The molecule has 1 aromatic carbocycles. The maximum atomic E-state index is 11.4. The van der Waals surface area contributed by atoms with Crippen LogP contribution in [0, 0.1) is 10.1 Å². The Kier molecular flexibility index (Phi) is 3.22. The lowest BCUT2D eigenvalue weighted by Gasteiger charge is -2.15. The van der Waals surface area contributed by atoms with E-state index in [9.17, 15) is 14.9 Å². The number of nitrogens with zero attached hydrogens (tertiary/aromatic N) is 2. The fraction of sp³-hybridized carbons (Fsp3) is 0.273. The van der Waals surface area contributed by atoms with Crippen LogP contribution in [-0.2, 0) is 14.3 Å². The minimum atomic E-state index is -0.767. The molecule has 0 aliphatic carbocycles. The Morgan fingerprint density at radius 1 is 1.44 bits per heavy atom. The number of carbonyl (C=O) groups excluding carboxylic acids is 1. The summed E-state index contributed by atoms with van der Waals surface area (Å²) in [6.45, 7) is 0. The van der Waals surface area contributed by atoms with Crippen LogP contribution in [0.25, 0.3) is 0 Å². The van der Waals surface area contributed by atoms with Gasteiger partial charge in [0.25, 0.3) is 5.69 Å². The molecule has 0 bridgehead atoms. The third-order valence-corrected chi connectivity index (χ3v) is 2.59. The summed E-state index contributed by atoms with van der Waals surface area (Å²) >= 11 is 0. The van der Waals surface area contributed by atoms with Crippen molar-refractivity contribution in [1.29, 1.82) is 0 Å². The number of esters is 1. The first-order chi connectivity index (χ1) is 8.63. The third kappa shape index (κ3) is 2.15. The molecule has 1 aliphatic heterocycles. The number of hydrogen-bond donors (Lipinski definition) is 0. The molecule has 2 atom stereocenters. The lowest BCUT2D eigenvalue weighted by molar-refractivity contribution is -0.384. The number of carbonyl (C=O) groups is 1. The zero-order valence-electron chi connectivity index (χ0n) is 9.48. The van der Waals surface area contributed by atoms with Gasteiger partial charge in [-0.1, -0.05) is 0 Å². The zero-order valence-corrected chi connectivity index (χ0v) is 9.48. The summed E-state index contributed by atoms with van der Waals surface area (Å²) in [5.74, 6) is -0.507. The number of aliphatic imine (C=N–C) groups is 1. The molecule has 0 fully saturated rings. The number of nitro benzene ring substituents is 1. The molecule has 0 amide bonds. The van der Waals surface area contributed by atoms with Gasteiger partial charge < -0.3 is 9.47 Å². The van der Waals surface area contributed by atoms with Crippen LogP contribution in [0.1, 0.15) is 11.7 Å². The maximum absolute atomic E-state index is 11.4. The second-order valence-electron chi connectivity index (χ2n) is 3.63. The molecular weight excluding hydrogens is 240 g/mol. The van der Waals surface area contributed by atoms with Gasteiger partial charge in [-0.15, -0.1) is 0 Å². The Morgan fingerprint density at radius 2 is 2.11 bits per heavy atom. The van der Waals surface area contributed by atoms with Crippen LogP contribution < -0.4 is 0 Å². The standard InChI is InChI=1S/C11H10N2O5/c1-17-11(14)9-10(18-6-12-9)7-2-4-8(5-3-7)13(15)16/h2-6,9-10H,1H3/t9-,10+/m0/s1. The van der Waals surface area contributed by atoms with E-state index in [4.69, 9.17) is 4.74 Å². The Morgan fingerprint density at radius 3 is 2.67 bits per heavy atom. The van der Waals surface area contributed by atoms with Crippen LogP contribution in [0.15, 0.2) is 29.3 Å². The fourth-order valence-corrected chi connectivity index (χ4v) is 1.67. The second kappa shape index (κ2) is 4.82. The summed E-state index contributed by atoms with van der Waals surface area (Å²) in [6.07, 6.45) is 0.589. The number of rotatable bonds is 3. The van der Waals surface area contributed by atoms with E-state index in [1.807, 2.05) is 0 Å². The minimum Gasteiger partial charge on any atom is -0.473 e. The summed E-state index contributed by atoms with van der Waals surface area (Å²) in [7, 11) is 1.27. The summed E-state index contributed by atoms with van der Waals surface area (Å²) in [5.41, 5.74) is 0.612. The normalized spacial score (nSPS) is 21.4. The Hall–Kier alpha value is -2.44. The first-order valence-electron chi connectivity index (χ1n) is 5.13. The number of benzene rings is 1. The van der Waals surface area contributed by atoms with Crippen LogP contribution >= 0.6 is 0 Å². The molecule has 0 saturated heterocycles. The summed E-state index contributed by atoms with van der Waals surface area (Å²) in [6, 6.07) is 5.01. The van der Waals surface area contributed by atoms with Gasteiger partial charge in [-0.3, -0.25) is 10.1 Å². The average Bonchev–Trinajstić information content (AvgIpc) is 2.87. The molecule has 0 saturated carbocycles. The zero-order chi connectivity index (χ0) is 13.1. The monoisotopic (exact) mass is 250 g/mol. The molecule has 0 unspecified atom stereocenters. The van der Waals surface area contributed by atoms with Gasteiger partial charge in [0.2, 0.25) is 0 Å². The molecule has 1 heterocycles. The minimum absolute atomic E-state index is 0.0210. The third-order valence-electron chi connectivity index (χ3n) is 2.59. The number of non-ortho nitro benzene ring substituents is 1. The van der Waals surface area contributed by atoms with E-state index in [0.717, 1.165) is 0 Å². The summed E-state index contributed by atoms with van der Waals surface area (Å²) in [5, 5.41) is 10.5. The molecule has 7 heteroatoms. The first-order valence-corrected chi connectivity index (χ1v) is 5.13. The van der Waals surface area contributed by atoms with Crippen molar-refractivity contribution in [2.75, 3.05) is 7.11 Å². The van der Waals surface area contributed by atoms with Crippen LogP contribution in [0.2, 0.25) is 0 Å². The number of nitro groups is 1. The van der Waals surface area contributed by atoms with Gasteiger partial charge in [0.1, 0.15) is 0 Å². The second-order valence-corrected chi connectivity index (χ2v) is 3.63. The predicted molar refractivity (Wildman–Crippen MR) is 61.2 cm³/mol. The Bertz CT molecular complexity index is 497. The molecule has 0 aromatic heterocycles. The van der Waals surface area contributed by atoms with Gasteiger partial charge in [-0.25, -0.2) is 9.79 Å². The summed E-state index contributed by atoms with van der Waals surface area (Å²) < 4.78 is 9.82. The number of methoxy groups -OCH3 is 1. The maximum Gasteiger partial charge on any atom is 0.334 e. The van der Waals surface area contributed by atoms with Gasteiger partial charge in [0.15, 0.2) is 18.5 Å². The van der Waals surface area contributed by atoms with Gasteiger partial charge >= 0.3 is 5.97 Å². The van der Waals surface area contributed by atoms with Gasteiger partial charge in [-0.05, 0) is 17.7 Å². The molecule has 0 radical (unpaired) electrons. The first kappa shape index (κ1) is 12.0. The van der Waals surface area contributed by atoms with Gasteiger partial charge in [-0.2, -0.15) is 0 Å². The lowest BCUT2D eigenvalue weighted by Crippen LogP contribution is -2.25.